The summed E-state index contributed by atoms with van der Waals surface area (Å²) in [7, 11) is 0. The maximum atomic E-state index is 12.6. The lowest BCUT2D eigenvalue weighted by Gasteiger charge is -2.69. The predicted octanol–water partition coefficient (Wildman–Crippen LogP) is 6.56. The molecule has 1 N–H and O–H groups in total. The first kappa shape index (κ1) is 22.6. The Balaban J connectivity index is 1.61. The molecule has 7 atom stereocenters. The van der Waals surface area contributed by atoms with Crippen LogP contribution in [0.3, 0.4) is 0 Å². The number of carbonyl (C=O) groups is 1. The molecule has 0 aliphatic heterocycles. The molecular formula is C29H37NO3. The number of nitrogens with zero attached hydrogens (tertiary/aromatic N) is 1. The normalized spacial score (nSPS) is 46.5. The van der Waals surface area contributed by atoms with Crippen LogP contribution in [0.4, 0.5) is 0 Å². The number of aliphatic hydroxyl groups excluding tert-OH is 1. The topological polar surface area (TPSA) is 66.7 Å². The lowest BCUT2D eigenvalue weighted by molar-refractivity contribution is -0.151. The molecule has 0 heterocycles. The molecule has 0 saturated heterocycles. The van der Waals surface area contributed by atoms with Crippen LogP contribution in [-0.4, -0.2) is 23.0 Å². The van der Waals surface area contributed by atoms with E-state index in [-0.39, 0.29) is 39.2 Å². The fourth-order valence-electron chi connectivity index (χ4n) is 8.81. The fraction of sp³-hybridized carbons (Fsp3) is 0.655. The van der Waals surface area contributed by atoms with Crippen molar-refractivity contribution in [3.8, 4) is 0 Å². The Labute approximate surface area is 197 Å². The standard InChI is InChI=1S/C29H37NO3/c1-17-13-24-26(3,15-21(17)30-16-31)9-11-28(5)23-8-7-19-18(2)25(33)22(32)14-20(19)27(23,4)10-12-29(24,28)6/h7-8,14,17,21,24,33H,9-13,15H2,1-6H3/t17-,21?,24-,26+,27+,28-,29+/m1/s1. The molecule has 4 nitrogen and oxygen atoms in total. The fourth-order valence-corrected chi connectivity index (χ4v) is 8.81. The van der Waals surface area contributed by atoms with Crippen LogP contribution in [-0.2, 0) is 9.59 Å². The zero-order valence-corrected chi connectivity index (χ0v) is 20.9. The summed E-state index contributed by atoms with van der Waals surface area (Å²) in [5.74, 6) is 0.577. The van der Waals surface area contributed by atoms with Crippen molar-refractivity contribution in [1.82, 2.24) is 0 Å². The predicted molar refractivity (Wildman–Crippen MR) is 129 cm³/mol. The molecule has 5 rings (SSSR count). The number of allylic oxidation sites excluding steroid dienone is 7. The van der Waals surface area contributed by atoms with Crippen molar-refractivity contribution < 1.29 is 14.7 Å². The highest BCUT2D eigenvalue weighted by Crippen LogP contribution is 2.74. The van der Waals surface area contributed by atoms with E-state index in [9.17, 15) is 14.7 Å². The Morgan fingerprint density at radius 1 is 1.09 bits per heavy atom. The summed E-state index contributed by atoms with van der Waals surface area (Å²) in [4.78, 5) is 27.8. The Morgan fingerprint density at radius 3 is 2.52 bits per heavy atom. The third kappa shape index (κ3) is 2.74. The van der Waals surface area contributed by atoms with Crippen LogP contribution in [0, 0.1) is 33.5 Å². The van der Waals surface area contributed by atoms with E-state index < -0.39 is 0 Å². The molecule has 0 bridgehead atoms. The molecule has 0 spiro atoms. The molecule has 0 aromatic heterocycles. The molecule has 0 radical (unpaired) electrons. The van der Waals surface area contributed by atoms with Crippen LogP contribution >= 0.6 is 0 Å². The summed E-state index contributed by atoms with van der Waals surface area (Å²) in [6.45, 7) is 13.8. The van der Waals surface area contributed by atoms with Crippen LogP contribution in [0.2, 0.25) is 0 Å². The average molecular weight is 448 g/mol. The summed E-state index contributed by atoms with van der Waals surface area (Å²) in [6, 6.07) is 0.0887. The average Bonchev–Trinajstić information content (AvgIpc) is 2.76. The van der Waals surface area contributed by atoms with E-state index in [0.29, 0.717) is 17.4 Å². The first-order valence-corrected chi connectivity index (χ1v) is 12.6. The lowest BCUT2D eigenvalue weighted by Crippen LogP contribution is -2.62. The van der Waals surface area contributed by atoms with E-state index in [2.05, 4.69) is 51.8 Å². The Bertz CT molecular complexity index is 1120. The maximum absolute atomic E-state index is 12.6. The summed E-state index contributed by atoms with van der Waals surface area (Å²) in [5, 5.41) is 10.3. The summed E-state index contributed by atoms with van der Waals surface area (Å²) < 4.78 is 0. The number of hydrogen-bond acceptors (Lipinski definition) is 4. The highest BCUT2D eigenvalue weighted by atomic mass is 16.3. The zero-order chi connectivity index (χ0) is 24.0. The van der Waals surface area contributed by atoms with Crippen LogP contribution in [0.1, 0.15) is 80.1 Å². The van der Waals surface area contributed by atoms with Crippen LogP contribution in [0.25, 0.3) is 0 Å². The minimum atomic E-state index is -0.264. The number of ketones is 1. The van der Waals surface area contributed by atoms with Crippen molar-refractivity contribution in [3.63, 3.8) is 0 Å². The highest BCUT2D eigenvalue weighted by molar-refractivity contribution is 6.06. The van der Waals surface area contributed by atoms with Gasteiger partial charge in [0.1, 0.15) is 0 Å². The maximum Gasteiger partial charge on any atom is 0.235 e. The minimum absolute atomic E-state index is 0.0354. The molecule has 4 heteroatoms. The van der Waals surface area contributed by atoms with Gasteiger partial charge in [-0.3, -0.25) is 4.79 Å². The van der Waals surface area contributed by atoms with Gasteiger partial charge in [-0.15, -0.1) is 0 Å². The molecule has 5 aliphatic rings. The molecule has 0 aromatic rings. The largest absolute Gasteiger partial charge is 0.504 e. The van der Waals surface area contributed by atoms with Gasteiger partial charge in [0, 0.05) is 11.0 Å². The van der Waals surface area contributed by atoms with E-state index in [1.165, 1.54) is 5.57 Å². The van der Waals surface area contributed by atoms with Crippen LogP contribution < -0.4 is 0 Å². The smallest absolute Gasteiger partial charge is 0.235 e. The van der Waals surface area contributed by atoms with Gasteiger partial charge in [-0.05, 0) is 90.8 Å². The van der Waals surface area contributed by atoms with Crippen molar-refractivity contribution >= 4 is 11.9 Å². The Morgan fingerprint density at radius 2 is 1.82 bits per heavy atom. The van der Waals surface area contributed by atoms with E-state index >= 15 is 0 Å². The number of aliphatic imine (C=N–C) groups is 1. The second-order valence-electron chi connectivity index (χ2n) is 12.5. The van der Waals surface area contributed by atoms with Gasteiger partial charge in [-0.2, -0.15) is 0 Å². The van der Waals surface area contributed by atoms with Gasteiger partial charge < -0.3 is 5.11 Å². The van der Waals surface area contributed by atoms with E-state index in [0.717, 1.165) is 49.7 Å². The molecule has 3 fully saturated rings. The minimum Gasteiger partial charge on any atom is -0.504 e. The number of carbonyl (C=O) groups excluding carboxylic acids is 2. The molecular weight excluding hydrogens is 410 g/mol. The number of isocyanates is 1. The molecule has 176 valence electrons. The Hall–Kier alpha value is -2.19. The molecule has 5 aliphatic carbocycles. The van der Waals surface area contributed by atoms with Crippen LogP contribution in [0.5, 0.6) is 0 Å². The lowest BCUT2D eigenvalue weighted by atomic mass is 9.35. The monoisotopic (exact) mass is 447 g/mol. The highest BCUT2D eigenvalue weighted by Gasteiger charge is 2.66. The molecule has 0 amide bonds. The van der Waals surface area contributed by atoms with Gasteiger partial charge in [-0.1, -0.05) is 52.3 Å². The molecule has 33 heavy (non-hydrogen) atoms. The molecule has 0 aromatic carbocycles. The van der Waals surface area contributed by atoms with Gasteiger partial charge in [-0.25, -0.2) is 9.79 Å². The van der Waals surface area contributed by atoms with Gasteiger partial charge in [0.25, 0.3) is 0 Å². The van der Waals surface area contributed by atoms with Crippen molar-refractivity contribution in [2.75, 3.05) is 0 Å². The number of aliphatic hydroxyl groups is 1. The number of rotatable bonds is 1. The van der Waals surface area contributed by atoms with Crippen molar-refractivity contribution in [3.05, 3.63) is 46.3 Å². The molecule has 3 saturated carbocycles. The van der Waals surface area contributed by atoms with Gasteiger partial charge in [0.2, 0.25) is 11.9 Å². The van der Waals surface area contributed by atoms with E-state index in [1.54, 1.807) is 6.08 Å². The zero-order valence-electron chi connectivity index (χ0n) is 20.9. The number of fused-ring (bicyclic) bond motifs is 7. The van der Waals surface area contributed by atoms with Gasteiger partial charge >= 0.3 is 0 Å². The van der Waals surface area contributed by atoms with E-state index in [1.807, 2.05) is 13.0 Å². The van der Waals surface area contributed by atoms with Crippen molar-refractivity contribution in [2.24, 2.45) is 38.5 Å². The third-order valence-corrected chi connectivity index (χ3v) is 11.1. The molecule has 1 unspecified atom stereocenters. The van der Waals surface area contributed by atoms with Crippen LogP contribution in [0.15, 0.2) is 51.3 Å². The Kier molecular flexibility index (Phi) is 4.74. The first-order chi connectivity index (χ1) is 15.4. The second-order valence-corrected chi connectivity index (χ2v) is 12.5. The quantitative estimate of drug-likeness (QED) is 0.366. The van der Waals surface area contributed by atoms with Gasteiger partial charge in [0.15, 0.2) is 5.76 Å². The summed E-state index contributed by atoms with van der Waals surface area (Å²) in [6.07, 6.45) is 14.4. The summed E-state index contributed by atoms with van der Waals surface area (Å²) >= 11 is 0. The second kappa shape index (κ2) is 6.92. The summed E-state index contributed by atoms with van der Waals surface area (Å²) in [5.41, 5.74) is 4.45. The van der Waals surface area contributed by atoms with Crippen molar-refractivity contribution in [1.29, 1.82) is 0 Å². The van der Waals surface area contributed by atoms with Gasteiger partial charge in [0.05, 0.1) is 6.04 Å². The van der Waals surface area contributed by atoms with Crippen molar-refractivity contribution in [2.45, 2.75) is 86.1 Å². The third-order valence-electron chi connectivity index (χ3n) is 11.1. The van der Waals surface area contributed by atoms with E-state index in [4.69, 9.17) is 0 Å². The SMILES string of the molecule is CC1=C(O)C(=O)C=C2C1=CC=C1[C@@]2(C)CC[C@@]2(C)[C@@H]3C[C@@H](C)C(N=C=O)C[C@]3(C)CC[C@]12C. The number of hydrogen-bond donors (Lipinski definition) is 1. The first-order valence-electron chi connectivity index (χ1n) is 12.6.